The van der Waals surface area contributed by atoms with Crippen LogP contribution in [-0.2, 0) is 26.1 Å². The third kappa shape index (κ3) is 6.25. The second-order valence-electron chi connectivity index (χ2n) is 6.68. The number of halogens is 2. The smallest absolute Gasteiger partial charge is 0.340 e. The molecule has 31 heavy (non-hydrogen) atoms. The van der Waals surface area contributed by atoms with Crippen molar-refractivity contribution in [3.63, 3.8) is 0 Å². The van der Waals surface area contributed by atoms with E-state index in [0.29, 0.717) is 5.56 Å². The summed E-state index contributed by atoms with van der Waals surface area (Å²) in [4.78, 5) is 25.9. The lowest BCUT2D eigenvalue weighted by molar-refractivity contribution is -0.133. The number of benzene rings is 2. The van der Waals surface area contributed by atoms with Crippen molar-refractivity contribution in [3.05, 3.63) is 64.4 Å². The summed E-state index contributed by atoms with van der Waals surface area (Å²) in [5, 5.41) is 0.00983. The van der Waals surface area contributed by atoms with Gasteiger partial charge in [-0.25, -0.2) is 17.6 Å². The number of ether oxygens (including phenoxy) is 1. The number of amides is 1. The molecule has 2 aromatic rings. The summed E-state index contributed by atoms with van der Waals surface area (Å²) in [5.74, 6) is -1.78. The lowest BCUT2D eigenvalue weighted by atomic mass is 10.2. The van der Waals surface area contributed by atoms with Gasteiger partial charge in [0.25, 0.3) is 5.91 Å². The Bertz CT molecular complexity index is 1040. The van der Waals surface area contributed by atoms with Crippen molar-refractivity contribution in [3.8, 4) is 0 Å². The van der Waals surface area contributed by atoms with Crippen molar-refractivity contribution in [1.29, 1.82) is 0 Å². The molecule has 0 radical (unpaired) electrons. The second-order valence-corrected chi connectivity index (χ2v) is 9.03. The van der Waals surface area contributed by atoms with Gasteiger partial charge >= 0.3 is 5.97 Å². The molecule has 0 aliphatic carbocycles. The second kappa shape index (κ2) is 10.7. The lowest BCUT2D eigenvalue weighted by Gasteiger charge is -2.19. The van der Waals surface area contributed by atoms with Crippen LogP contribution in [0.15, 0.2) is 47.4 Å². The summed E-state index contributed by atoms with van der Waals surface area (Å²) in [5.41, 5.74) is 0.560. The molecule has 0 unspecified atom stereocenters. The molecule has 0 spiro atoms. The molecule has 0 saturated heterocycles. The number of hydrogen-bond acceptors (Lipinski definition) is 5. The number of sulfonamides is 1. The molecular weight excluding hydrogens is 447 g/mol. The number of rotatable bonds is 9. The van der Waals surface area contributed by atoms with E-state index >= 15 is 0 Å². The van der Waals surface area contributed by atoms with Gasteiger partial charge in [0.1, 0.15) is 5.82 Å². The van der Waals surface area contributed by atoms with Crippen LogP contribution in [0.25, 0.3) is 0 Å². The molecule has 0 N–H and O–H groups in total. The normalized spacial score (nSPS) is 11.4. The first-order valence-electron chi connectivity index (χ1n) is 9.55. The summed E-state index contributed by atoms with van der Waals surface area (Å²) in [7, 11) is -2.27. The standard InChI is InChI=1S/C21H24ClFN2O5S/c1-4-25(5-2)31(28,29)17-10-11-19(22)18(12-17)21(27)30-14-20(26)24(3)13-15-6-8-16(23)9-7-15/h6-12H,4-5,13-14H2,1-3H3. The van der Waals surface area contributed by atoms with Crippen molar-refractivity contribution in [1.82, 2.24) is 9.21 Å². The molecule has 0 aliphatic heterocycles. The molecular formula is C21H24ClFN2O5S. The van der Waals surface area contributed by atoms with Gasteiger partial charge in [-0.05, 0) is 35.9 Å². The van der Waals surface area contributed by atoms with Gasteiger partial charge in [0.15, 0.2) is 6.61 Å². The molecule has 2 rings (SSSR count). The van der Waals surface area contributed by atoms with Crippen LogP contribution in [-0.4, -0.2) is 56.2 Å². The molecule has 1 amide bonds. The Balaban J connectivity index is 2.07. The van der Waals surface area contributed by atoms with E-state index in [1.165, 1.54) is 40.5 Å². The van der Waals surface area contributed by atoms with E-state index < -0.39 is 28.5 Å². The average molecular weight is 471 g/mol. The molecule has 0 atom stereocenters. The van der Waals surface area contributed by atoms with E-state index in [-0.39, 0.29) is 40.9 Å². The molecule has 0 fully saturated rings. The molecule has 0 saturated carbocycles. The van der Waals surface area contributed by atoms with Gasteiger partial charge in [-0.1, -0.05) is 37.6 Å². The highest BCUT2D eigenvalue weighted by molar-refractivity contribution is 7.89. The Labute approximate surface area is 186 Å². The monoisotopic (exact) mass is 470 g/mol. The summed E-state index contributed by atoms with van der Waals surface area (Å²) < 4.78 is 44.6. The maximum atomic E-state index is 13.0. The van der Waals surface area contributed by atoms with E-state index in [1.807, 2.05) is 0 Å². The Kier molecular flexibility index (Phi) is 8.55. The highest BCUT2D eigenvalue weighted by Crippen LogP contribution is 2.23. The molecule has 0 aliphatic rings. The zero-order valence-corrected chi connectivity index (χ0v) is 19.0. The van der Waals surface area contributed by atoms with Gasteiger partial charge in [0, 0.05) is 26.7 Å². The number of carbonyl (C=O) groups is 2. The molecule has 0 aromatic heterocycles. The SMILES string of the molecule is CCN(CC)S(=O)(=O)c1ccc(Cl)c(C(=O)OCC(=O)N(C)Cc2ccc(F)cc2)c1. The fraction of sp³-hybridized carbons (Fsp3) is 0.333. The number of hydrogen-bond donors (Lipinski definition) is 0. The topological polar surface area (TPSA) is 84.0 Å². The van der Waals surface area contributed by atoms with Crippen LogP contribution in [0.4, 0.5) is 4.39 Å². The van der Waals surface area contributed by atoms with E-state index in [9.17, 15) is 22.4 Å². The van der Waals surface area contributed by atoms with Gasteiger partial charge < -0.3 is 9.64 Å². The molecule has 0 heterocycles. The number of nitrogens with zero attached hydrogens (tertiary/aromatic N) is 2. The maximum absolute atomic E-state index is 13.0. The molecule has 168 valence electrons. The van der Waals surface area contributed by atoms with Crippen LogP contribution in [0, 0.1) is 5.82 Å². The predicted molar refractivity (Wildman–Crippen MR) is 115 cm³/mol. The molecule has 0 bridgehead atoms. The number of esters is 1. The zero-order valence-electron chi connectivity index (χ0n) is 17.5. The highest BCUT2D eigenvalue weighted by atomic mass is 35.5. The van der Waals surface area contributed by atoms with E-state index in [4.69, 9.17) is 16.3 Å². The molecule has 7 nitrogen and oxygen atoms in total. The Hall–Kier alpha value is -2.49. The van der Waals surface area contributed by atoms with Crippen LogP contribution in [0.2, 0.25) is 5.02 Å². The average Bonchev–Trinajstić information content (AvgIpc) is 2.74. The van der Waals surface area contributed by atoms with Gasteiger partial charge in [-0.15, -0.1) is 0 Å². The Morgan fingerprint density at radius 2 is 1.68 bits per heavy atom. The fourth-order valence-corrected chi connectivity index (χ4v) is 4.48. The van der Waals surface area contributed by atoms with Crippen LogP contribution in [0.5, 0.6) is 0 Å². The van der Waals surface area contributed by atoms with Crippen LogP contribution < -0.4 is 0 Å². The van der Waals surface area contributed by atoms with Crippen molar-refractivity contribution < 1.29 is 27.1 Å². The fourth-order valence-electron chi connectivity index (χ4n) is 2.80. The van der Waals surface area contributed by atoms with Gasteiger partial charge in [-0.3, -0.25) is 4.79 Å². The first-order valence-corrected chi connectivity index (χ1v) is 11.4. The largest absolute Gasteiger partial charge is 0.452 e. The minimum Gasteiger partial charge on any atom is -0.452 e. The predicted octanol–water partition coefficient (Wildman–Crippen LogP) is 3.33. The maximum Gasteiger partial charge on any atom is 0.340 e. The minimum absolute atomic E-state index is 0.00983. The first kappa shape index (κ1) is 24.8. The summed E-state index contributed by atoms with van der Waals surface area (Å²) >= 11 is 6.05. The van der Waals surface area contributed by atoms with Crippen molar-refractivity contribution in [2.75, 3.05) is 26.7 Å². The van der Waals surface area contributed by atoms with Crippen LogP contribution in [0.1, 0.15) is 29.8 Å². The number of likely N-dealkylation sites (N-methyl/N-ethyl adjacent to an activating group) is 1. The van der Waals surface area contributed by atoms with E-state index in [0.717, 1.165) is 6.07 Å². The molecule has 10 heteroatoms. The van der Waals surface area contributed by atoms with Crippen molar-refractivity contribution >= 4 is 33.5 Å². The quantitative estimate of drug-likeness (QED) is 0.525. The van der Waals surface area contributed by atoms with Crippen molar-refractivity contribution in [2.45, 2.75) is 25.3 Å². The summed E-state index contributed by atoms with van der Waals surface area (Å²) in [6, 6.07) is 9.43. The summed E-state index contributed by atoms with van der Waals surface area (Å²) in [6.07, 6.45) is 0. The Morgan fingerprint density at radius 1 is 1.06 bits per heavy atom. The van der Waals surface area contributed by atoms with Crippen molar-refractivity contribution in [2.24, 2.45) is 0 Å². The van der Waals surface area contributed by atoms with E-state index in [2.05, 4.69) is 0 Å². The van der Waals surface area contributed by atoms with Gasteiger partial charge in [0.05, 0.1) is 15.5 Å². The molecule has 2 aromatic carbocycles. The third-order valence-electron chi connectivity index (χ3n) is 4.59. The Morgan fingerprint density at radius 3 is 2.26 bits per heavy atom. The van der Waals surface area contributed by atoms with Crippen LogP contribution >= 0.6 is 11.6 Å². The van der Waals surface area contributed by atoms with Gasteiger partial charge in [-0.2, -0.15) is 4.31 Å². The third-order valence-corrected chi connectivity index (χ3v) is 6.96. The van der Waals surface area contributed by atoms with Crippen LogP contribution in [0.3, 0.4) is 0 Å². The number of carbonyl (C=O) groups excluding carboxylic acids is 2. The van der Waals surface area contributed by atoms with E-state index in [1.54, 1.807) is 26.0 Å². The lowest BCUT2D eigenvalue weighted by Crippen LogP contribution is -2.31. The highest BCUT2D eigenvalue weighted by Gasteiger charge is 2.24. The first-order chi connectivity index (χ1) is 14.6. The van der Waals surface area contributed by atoms with Gasteiger partial charge in [0.2, 0.25) is 10.0 Å². The zero-order chi connectivity index (χ0) is 23.2. The minimum atomic E-state index is -3.79. The summed E-state index contributed by atoms with van der Waals surface area (Å²) in [6.45, 7) is 3.61.